The first-order valence-electron chi connectivity index (χ1n) is 7.34. The predicted octanol–water partition coefficient (Wildman–Crippen LogP) is 0.740. The molecule has 0 radical (unpaired) electrons. The molecule has 0 aromatic rings. The third-order valence-corrected chi connectivity index (χ3v) is 6.04. The molecule has 4 rings (SSSR count). The van der Waals surface area contributed by atoms with E-state index < -0.39 is 45.5 Å². The molecule has 23 heavy (non-hydrogen) atoms. The van der Waals surface area contributed by atoms with Crippen molar-refractivity contribution in [3.8, 4) is 0 Å². The highest BCUT2D eigenvalue weighted by atomic mass is 16.5. The molecular formula is C15H18O8. The normalized spacial score (nSPS) is 43.9. The Balaban J connectivity index is 2.25. The molecule has 3 N–H and O–H groups in total. The molecule has 0 amide bonds. The lowest BCUT2D eigenvalue weighted by atomic mass is 9.35. The molecule has 8 heteroatoms. The summed E-state index contributed by atoms with van der Waals surface area (Å²) in [4.78, 5) is 48.1. The van der Waals surface area contributed by atoms with Gasteiger partial charge in [0.05, 0.1) is 28.8 Å². The summed E-state index contributed by atoms with van der Waals surface area (Å²) in [6.45, 7) is 0. The molecule has 126 valence electrons. The quantitative estimate of drug-likeness (QED) is 0.643. The Morgan fingerprint density at radius 1 is 0.652 bits per heavy atom. The van der Waals surface area contributed by atoms with Gasteiger partial charge in [-0.3, -0.25) is 19.2 Å². The molecule has 0 aromatic carbocycles. The number of ether oxygens (including phenoxy) is 1. The van der Waals surface area contributed by atoms with Crippen molar-refractivity contribution in [2.45, 2.75) is 38.5 Å². The van der Waals surface area contributed by atoms with Crippen LogP contribution in [0.25, 0.3) is 0 Å². The second-order valence-corrected chi connectivity index (χ2v) is 7.59. The summed E-state index contributed by atoms with van der Waals surface area (Å²) in [6, 6.07) is 0. The van der Waals surface area contributed by atoms with Gasteiger partial charge in [-0.1, -0.05) is 0 Å². The highest BCUT2D eigenvalue weighted by Gasteiger charge is 2.76. The van der Waals surface area contributed by atoms with Gasteiger partial charge in [-0.15, -0.1) is 0 Å². The molecule has 0 heterocycles. The van der Waals surface area contributed by atoms with E-state index in [1.165, 1.54) is 0 Å². The maximum atomic E-state index is 12.4. The molecule has 4 aliphatic carbocycles. The Labute approximate surface area is 131 Å². The zero-order chi connectivity index (χ0) is 17.3. The summed E-state index contributed by atoms with van der Waals surface area (Å²) in [5, 5.41) is 29.1. The van der Waals surface area contributed by atoms with Crippen LogP contribution in [-0.2, 0) is 23.9 Å². The number of carbonyl (C=O) groups excluding carboxylic acids is 1. The van der Waals surface area contributed by atoms with Crippen LogP contribution in [0.1, 0.15) is 38.5 Å². The molecule has 4 aliphatic rings. The van der Waals surface area contributed by atoms with Gasteiger partial charge in [0.15, 0.2) is 0 Å². The Morgan fingerprint density at radius 3 is 1.13 bits per heavy atom. The maximum absolute atomic E-state index is 12.4. The van der Waals surface area contributed by atoms with Crippen molar-refractivity contribution < 1.29 is 39.2 Å². The van der Waals surface area contributed by atoms with E-state index in [-0.39, 0.29) is 38.5 Å². The standard InChI is InChI=1S/C15H18O8/c1-23-11(22)15-5-12(8(16)17)2-13(6-15,9(18)19)4-14(3-12,7-15)10(20)21/h2-7H2,1H3,(H,16,17)(H,18,19)(H,20,21). The van der Waals surface area contributed by atoms with E-state index in [1.54, 1.807) is 0 Å². The van der Waals surface area contributed by atoms with Gasteiger partial charge in [-0.05, 0) is 38.5 Å². The number of carboxylic acids is 3. The van der Waals surface area contributed by atoms with Gasteiger partial charge in [0.2, 0.25) is 0 Å². The average molecular weight is 326 g/mol. The minimum atomic E-state index is -1.51. The smallest absolute Gasteiger partial charge is 0.311 e. The summed E-state index contributed by atoms with van der Waals surface area (Å²) in [7, 11) is 1.15. The average Bonchev–Trinajstić information content (AvgIpc) is 2.44. The number of methoxy groups -OCH3 is 1. The molecule has 8 nitrogen and oxygen atoms in total. The number of carboxylic acid groups (broad SMARTS) is 3. The van der Waals surface area contributed by atoms with Crippen molar-refractivity contribution in [1.82, 2.24) is 0 Å². The van der Waals surface area contributed by atoms with Gasteiger partial charge < -0.3 is 20.1 Å². The predicted molar refractivity (Wildman–Crippen MR) is 72.4 cm³/mol. The van der Waals surface area contributed by atoms with Crippen molar-refractivity contribution in [3.63, 3.8) is 0 Å². The molecule has 0 unspecified atom stereocenters. The molecule has 0 spiro atoms. The fraction of sp³-hybridized carbons (Fsp3) is 0.733. The number of hydrogen-bond acceptors (Lipinski definition) is 5. The van der Waals surface area contributed by atoms with Crippen LogP contribution in [0, 0.1) is 21.7 Å². The van der Waals surface area contributed by atoms with E-state index in [4.69, 9.17) is 4.74 Å². The number of rotatable bonds is 4. The Kier molecular flexibility index (Phi) is 2.91. The van der Waals surface area contributed by atoms with E-state index >= 15 is 0 Å². The summed E-state index contributed by atoms with van der Waals surface area (Å²) in [5.74, 6) is -4.41. The van der Waals surface area contributed by atoms with Gasteiger partial charge in [-0.25, -0.2) is 0 Å². The van der Waals surface area contributed by atoms with Crippen LogP contribution in [-0.4, -0.2) is 46.3 Å². The van der Waals surface area contributed by atoms with Crippen molar-refractivity contribution in [1.29, 1.82) is 0 Å². The monoisotopic (exact) mass is 326 g/mol. The van der Waals surface area contributed by atoms with Crippen LogP contribution in [0.15, 0.2) is 0 Å². The lowest BCUT2D eigenvalue weighted by Gasteiger charge is -2.65. The zero-order valence-electron chi connectivity index (χ0n) is 12.6. The summed E-state index contributed by atoms with van der Waals surface area (Å²) >= 11 is 0. The molecular weight excluding hydrogens is 308 g/mol. The van der Waals surface area contributed by atoms with Crippen molar-refractivity contribution in [3.05, 3.63) is 0 Å². The number of carbonyl (C=O) groups is 4. The van der Waals surface area contributed by atoms with Crippen molar-refractivity contribution in [2.24, 2.45) is 21.7 Å². The highest BCUT2D eigenvalue weighted by Crippen LogP contribution is 2.74. The fourth-order valence-corrected chi connectivity index (χ4v) is 5.75. The van der Waals surface area contributed by atoms with Gasteiger partial charge in [0, 0.05) is 0 Å². The molecule has 0 aliphatic heterocycles. The van der Waals surface area contributed by atoms with Crippen molar-refractivity contribution in [2.75, 3.05) is 7.11 Å². The molecule has 0 aromatic heterocycles. The van der Waals surface area contributed by atoms with Crippen LogP contribution in [0.4, 0.5) is 0 Å². The first kappa shape index (κ1) is 15.8. The Morgan fingerprint density at radius 2 is 0.913 bits per heavy atom. The van der Waals surface area contributed by atoms with Crippen LogP contribution in [0.5, 0.6) is 0 Å². The molecule has 4 fully saturated rings. The number of hydrogen-bond donors (Lipinski definition) is 3. The molecule has 0 saturated heterocycles. The minimum Gasteiger partial charge on any atom is -0.481 e. The van der Waals surface area contributed by atoms with Gasteiger partial charge in [0.1, 0.15) is 0 Å². The minimum absolute atomic E-state index is 0.0634. The van der Waals surface area contributed by atoms with Crippen LogP contribution < -0.4 is 0 Å². The van der Waals surface area contributed by atoms with E-state index in [9.17, 15) is 34.5 Å². The van der Waals surface area contributed by atoms with Gasteiger partial charge in [-0.2, -0.15) is 0 Å². The van der Waals surface area contributed by atoms with E-state index in [2.05, 4.69) is 0 Å². The van der Waals surface area contributed by atoms with Crippen LogP contribution in [0.2, 0.25) is 0 Å². The fourth-order valence-electron chi connectivity index (χ4n) is 5.75. The number of esters is 1. The molecule has 0 atom stereocenters. The first-order chi connectivity index (χ1) is 10.6. The lowest BCUT2D eigenvalue weighted by Crippen LogP contribution is -2.68. The molecule has 4 bridgehead atoms. The van der Waals surface area contributed by atoms with E-state index in [0.29, 0.717) is 0 Å². The summed E-state index contributed by atoms with van der Waals surface area (Å²) in [5.41, 5.74) is -5.90. The SMILES string of the molecule is COC(=O)C12CC3(C(=O)O)CC(C(=O)O)(CC(C(=O)O)(C3)C1)C2. The van der Waals surface area contributed by atoms with E-state index in [1.807, 2.05) is 0 Å². The lowest BCUT2D eigenvalue weighted by molar-refractivity contribution is -0.230. The Bertz CT molecular complexity index is 553. The third-order valence-electron chi connectivity index (χ3n) is 6.04. The number of aliphatic carboxylic acids is 3. The summed E-state index contributed by atoms with van der Waals surface area (Å²) in [6.07, 6.45) is -0.612. The maximum Gasteiger partial charge on any atom is 0.311 e. The van der Waals surface area contributed by atoms with Gasteiger partial charge in [0.25, 0.3) is 0 Å². The topological polar surface area (TPSA) is 138 Å². The van der Waals surface area contributed by atoms with Crippen LogP contribution >= 0.6 is 0 Å². The largest absolute Gasteiger partial charge is 0.481 e. The summed E-state index contributed by atoms with van der Waals surface area (Å²) < 4.78 is 4.79. The zero-order valence-corrected chi connectivity index (χ0v) is 12.6. The highest BCUT2D eigenvalue weighted by molar-refractivity contribution is 5.90. The van der Waals surface area contributed by atoms with E-state index in [0.717, 1.165) is 7.11 Å². The first-order valence-corrected chi connectivity index (χ1v) is 7.34. The van der Waals surface area contributed by atoms with Gasteiger partial charge >= 0.3 is 23.9 Å². The molecule has 4 saturated carbocycles. The third kappa shape index (κ3) is 1.77. The Hall–Kier alpha value is -2.12. The van der Waals surface area contributed by atoms with Crippen molar-refractivity contribution >= 4 is 23.9 Å². The second-order valence-electron chi connectivity index (χ2n) is 7.59. The van der Waals surface area contributed by atoms with Crippen LogP contribution in [0.3, 0.4) is 0 Å². The second kappa shape index (κ2) is 4.24.